The first-order valence-electron chi connectivity index (χ1n) is 6.93. The van der Waals surface area contributed by atoms with E-state index in [4.69, 9.17) is 0 Å². The molecule has 0 saturated carbocycles. The van der Waals surface area contributed by atoms with E-state index in [0.29, 0.717) is 6.54 Å². The van der Waals surface area contributed by atoms with E-state index in [0.717, 1.165) is 36.2 Å². The zero-order valence-electron chi connectivity index (χ0n) is 11.9. The number of fused-ring (bicyclic) bond motifs is 1. The summed E-state index contributed by atoms with van der Waals surface area (Å²) in [4.78, 5) is 14.8. The average Bonchev–Trinajstić information content (AvgIpc) is 2.90. The van der Waals surface area contributed by atoms with E-state index in [1.165, 1.54) is 9.75 Å². The second kappa shape index (κ2) is 6.96. The van der Waals surface area contributed by atoms with Gasteiger partial charge in [-0.3, -0.25) is 4.79 Å². The maximum absolute atomic E-state index is 12.4. The molecular weight excluding hydrogens is 304 g/mol. The molecule has 0 fully saturated rings. The molecule has 2 heterocycles. The van der Waals surface area contributed by atoms with Gasteiger partial charge in [-0.05, 0) is 49.6 Å². The number of carbonyl (C=O) groups is 1. The highest BCUT2D eigenvalue weighted by molar-refractivity contribution is 7.11. The molecule has 1 aromatic carbocycles. The Morgan fingerprint density at radius 1 is 1.33 bits per heavy atom. The van der Waals surface area contributed by atoms with Crippen molar-refractivity contribution in [3.63, 3.8) is 0 Å². The summed E-state index contributed by atoms with van der Waals surface area (Å²) in [5.74, 6) is 0.0246. The van der Waals surface area contributed by atoms with Crippen LogP contribution in [0.4, 0.5) is 5.69 Å². The Morgan fingerprint density at radius 3 is 2.95 bits per heavy atom. The number of nitrogens with one attached hydrogen (secondary N) is 2. The average molecular weight is 323 g/mol. The Hall–Kier alpha value is -1.52. The molecule has 0 unspecified atom stereocenters. The number of benzene rings is 1. The zero-order chi connectivity index (χ0) is 13.9. The van der Waals surface area contributed by atoms with Crippen molar-refractivity contribution >= 4 is 35.3 Å². The number of hydrogen-bond donors (Lipinski definition) is 2. The van der Waals surface area contributed by atoms with Gasteiger partial charge in [-0.1, -0.05) is 6.07 Å². The van der Waals surface area contributed by atoms with Crippen molar-refractivity contribution in [2.45, 2.75) is 26.3 Å². The van der Waals surface area contributed by atoms with Crippen LogP contribution in [-0.4, -0.2) is 12.5 Å². The van der Waals surface area contributed by atoms with Crippen LogP contribution in [0, 0.1) is 6.92 Å². The molecule has 3 rings (SSSR count). The van der Waals surface area contributed by atoms with E-state index in [1.807, 2.05) is 18.2 Å². The van der Waals surface area contributed by atoms with Gasteiger partial charge in [0.1, 0.15) is 0 Å². The first kappa shape index (κ1) is 15.9. The summed E-state index contributed by atoms with van der Waals surface area (Å²) in [6.07, 6.45) is 2.06. The van der Waals surface area contributed by atoms with Crippen LogP contribution < -0.4 is 10.6 Å². The molecule has 2 N–H and O–H groups in total. The fourth-order valence-corrected chi connectivity index (χ4v) is 3.40. The fraction of sp³-hybridized carbons (Fsp3) is 0.312. The molecule has 1 aliphatic heterocycles. The molecule has 112 valence electrons. The van der Waals surface area contributed by atoms with Crippen LogP contribution in [0.3, 0.4) is 0 Å². The SMILES string of the molecule is Cc1ccc(CNC(=O)c2cccc3c2CCCN3)s1.Cl. The van der Waals surface area contributed by atoms with Gasteiger partial charge >= 0.3 is 0 Å². The number of amides is 1. The van der Waals surface area contributed by atoms with Crippen molar-refractivity contribution in [3.8, 4) is 0 Å². The van der Waals surface area contributed by atoms with E-state index in [2.05, 4.69) is 29.7 Å². The number of thiophene rings is 1. The van der Waals surface area contributed by atoms with E-state index in [-0.39, 0.29) is 18.3 Å². The van der Waals surface area contributed by atoms with Gasteiger partial charge in [0.05, 0.1) is 6.54 Å². The van der Waals surface area contributed by atoms with Gasteiger partial charge in [0.15, 0.2) is 0 Å². The van der Waals surface area contributed by atoms with Crippen LogP contribution in [0.5, 0.6) is 0 Å². The minimum absolute atomic E-state index is 0. The third-order valence-corrected chi connectivity index (χ3v) is 4.56. The standard InChI is InChI=1S/C16H18N2OS.ClH/c1-11-7-8-12(20-11)10-18-16(19)14-4-2-6-15-13(14)5-3-9-17-15;/h2,4,6-8,17H,3,5,9-10H2,1H3,(H,18,19);1H. The third-order valence-electron chi connectivity index (χ3n) is 3.56. The van der Waals surface area contributed by atoms with E-state index in [9.17, 15) is 4.79 Å². The normalized spacial score (nSPS) is 12.8. The van der Waals surface area contributed by atoms with Crippen LogP contribution in [0.2, 0.25) is 0 Å². The Kier molecular flexibility index (Phi) is 5.26. The van der Waals surface area contributed by atoms with E-state index in [1.54, 1.807) is 11.3 Å². The monoisotopic (exact) mass is 322 g/mol. The lowest BCUT2D eigenvalue weighted by Crippen LogP contribution is -2.25. The molecule has 21 heavy (non-hydrogen) atoms. The van der Waals surface area contributed by atoms with Crippen molar-refractivity contribution < 1.29 is 4.79 Å². The van der Waals surface area contributed by atoms with Crippen LogP contribution in [-0.2, 0) is 13.0 Å². The first-order valence-corrected chi connectivity index (χ1v) is 7.75. The lowest BCUT2D eigenvalue weighted by molar-refractivity contribution is 0.0950. The third kappa shape index (κ3) is 3.57. The topological polar surface area (TPSA) is 41.1 Å². The highest BCUT2D eigenvalue weighted by atomic mass is 35.5. The van der Waals surface area contributed by atoms with Crippen molar-refractivity contribution in [2.24, 2.45) is 0 Å². The van der Waals surface area contributed by atoms with Gasteiger partial charge in [-0.2, -0.15) is 0 Å². The Balaban J connectivity index is 0.00000161. The lowest BCUT2D eigenvalue weighted by atomic mass is 9.97. The van der Waals surface area contributed by atoms with Gasteiger partial charge < -0.3 is 10.6 Å². The summed E-state index contributed by atoms with van der Waals surface area (Å²) >= 11 is 1.73. The predicted octanol–water partition coefficient (Wildman–Crippen LogP) is 3.77. The maximum Gasteiger partial charge on any atom is 0.251 e. The second-order valence-corrected chi connectivity index (χ2v) is 6.43. The largest absolute Gasteiger partial charge is 0.385 e. The highest BCUT2D eigenvalue weighted by Gasteiger charge is 2.17. The molecule has 1 aromatic heterocycles. The van der Waals surface area contributed by atoms with Gasteiger partial charge in [0.25, 0.3) is 5.91 Å². The molecule has 2 aromatic rings. The Morgan fingerprint density at radius 2 is 2.19 bits per heavy atom. The number of anilines is 1. The number of hydrogen-bond acceptors (Lipinski definition) is 3. The van der Waals surface area contributed by atoms with E-state index >= 15 is 0 Å². The summed E-state index contributed by atoms with van der Waals surface area (Å²) in [7, 11) is 0. The minimum Gasteiger partial charge on any atom is -0.385 e. The van der Waals surface area contributed by atoms with Crippen molar-refractivity contribution in [3.05, 3.63) is 51.2 Å². The fourth-order valence-electron chi connectivity index (χ4n) is 2.57. The molecule has 1 aliphatic rings. The van der Waals surface area contributed by atoms with Crippen molar-refractivity contribution in [2.75, 3.05) is 11.9 Å². The lowest BCUT2D eigenvalue weighted by Gasteiger charge is -2.20. The van der Waals surface area contributed by atoms with Gasteiger partial charge in [0.2, 0.25) is 0 Å². The quantitative estimate of drug-likeness (QED) is 0.903. The predicted molar refractivity (Wildman–Crippen MR) is 90.7 cm³/mol. The van der Waals surface area contributed by atoms with Crippen LogP contribution >= 0.6 is 23.7 Å². The molecule has 5 heteroatoms. The molecule has 0 radical (unpaired) electrons. The molecule has 3 nitrogen and oxygen atoms in total. The number of carbonyl (C=O) groups excluding carboxylic acids is 1. The van der Waals surface area contributed by atoms with Crippen molar-refractivity contribution in [1.82, 2.24) is 5.32 Å². The van der Waals surface area contributed by atoms with Gasteiger partial charge in [0, 0.05) is 27.5 Å². The van der Waals surface area contributed by atoms with Gasteiger partial charge in [-0.25, -0.2) is 0 Å². The Labute approximate surface area is 135 Å². The van der Waals surface area contributed by atoms with E-state index < -0.39 is 0 Å². The molecule has 0 bridgehead atoms. The second-order valence-electron chi connectivity index (χ2n) is 5.06. The summed E-state index contributed by atoms with van der Waals surface area (Å²) in [5, 5.41) is 6.38. The van der Waals surface area contributed by atoms with Crippen LogP contribution in [0.15, 0.2) is 30.3 Å². The van der Waals surface area contributed by atoms with Gasteiger partial charge in [-0.15, -0.1) is 23.7 Å². The molecular formula is C16H19ClN2OS. The first-order chi connectivity index (χ1) is 9.74. The molecule has 0 aliphatic carbocycles. The number of halogens is 1. The van der Waals surface area contributed by atoms with Crippen LogP contribution in [0.1, 0.15) is 32.1 Å². The summed E-state index contributed by atoms with van der Waals surface area (Å²) in [5.41, 5.74) is 3.07. The molecule has 0 atom stereocenters. The van der Waals surface area contributed by atoms with Crippen LogP contribution in [0.25, 0.3) is 0 Å². The highest BCUT2D eigenvalue weighted by Crippen LogP contribution is 2.25. The Bertz CT molecular complexity index is 639. The summed E-state index contributed by atoms with van der Waals surface area (Å²) < 4.78 is 0. The molecule has 0 spiro atoms. The minimum atomic E-state index is 0. The summed E-state index contributed by atoms with van der Waals surface area (Å²) in [6.45, 7) is 3.68. The smallest absolute Gasteiger partial charge is 0.251 e. The number of rotatable bonds is 3. The zero-order valence-corrected chi connectivity index (χ0v) is 13.6. The summed E-state index contributed by atoms with van der Waals surface area (Å²) in [6, 6.07) is 10.1. The number of aryl methyl sites for hydroxylation is 1. The maximum atomic E-state index is 12.4. The molecule has 1 amide bonds. The van der Waals surface area contributed by atoms with Crippen molar-refractivity contribution in [1.29, 1.82) is 0 Å². The molecule has 0 saturated heterocycles.